The normalized spacial score (nSPS) is 19.6. The van der Waals surface area contributed by atoms with Crippen molar-refractivity contribution >= 4 is 22.9 Å². The zero-order valence-corrected chi connectivity index (χ0v) is 11.0. The topological polar surface area (TPSA) is 89.8 Å². The van der Waals surface area contributed by atoms with Crippen molar-refractivity contribution in [3.8, 4) is 0 Å². The van der Waals surface area contributed by atoms with Crippen LogP contribution in [-0.2, 0) is 0 Å². The van der Waals surface area contributed by atoms with Crippen LogP contribution < -0.4 is 10.7 Å². The highest BCUT2D eigenvalue weighted by molar-refractivity contribution is 5.77. The molecule has 1 saturated heterocycles. The molecule has 2 aromatic rings. The number of amides is 1. The summed E-state index contributed by atoms with van der Waals surface area (Å²) < 4.78 is 5.04. The highest BCUT2D eigenvalue weighted by Gasteiger charge is 2.27. The van der Waals surface area contributed by atoms with Crippen LogP contribution in [0.3, 0.4) is 0 Å². The smallest absolute Gasteiger partial charge is 0.417 e. The number of benzene rings is 1. The Hall–Kier alpha value is -2.44. The fourth-order valence-electron chi connectivity index (χ4n) is 2.61. The number of nitrogens with one attached hydrogen (secondary N) is 1. The molecule has 0 radical (unpaired) electrons. The molecule has 0 spiro atoms. The van der Waals surface area contributed by atoms with Gasteiger partial charge < -0.3 is 19.3 Å². The number of hydrogen-bond acceptors (Lipinski definition) is 4. The van der Waals surface area contributed by atoms with Gasteiger partial charge >= 0.3 is 11.8 Å². The molecule has 0 bridgehead atoms. The minimum atomic E-state index is -0.885. The largest absolute Gasteiger partial charge is 0.465 e. The quantitative estimate of drug-likeness (QED) is 0.820. The summed E-state index contributed by atoms with van der Waals surface area (Å²) in [5.41, 5.74) is 2.11. The second kappa shape index (κ2) is 4.59. The molecule has 106 valence electrons. The number of H-pyrrole nitrogens is 1. The first-order valence-electron chi connectivity index (χ1n) is 6.42. The van der Waals surface area contributed by atoms with Gasteiger partial charge in [0.1, 0.15) is 0 Å². The molecule has 1 fully saturated rings. The van der Waals surface area contributed by atoms with Crippen molar-refractivity contribution in [1.29, 1.82) is 0 Å². The molecule has 0 saturated carbocycles. The van der Waals surface area contributed by atoms with Crippen LogP contribution in [0.4, 0.5) is 10.5 Å². The van der Waals surface area contributed by atoms with Crippen LogP contribution in [0.15, 0.2) is 27.4 Å². The van der Waals surface area contributed by atoms with Crippen LogP contribution in [-0.4, -0.2) is 46.8 Å². The predicted octanol–water partition coefficient (Wildman–Crippen LogP) is 1.31. The maximum absolute atomic E-state index is 11.1. The minimum absolute atomic E-state index is 0.0739. The number of oxazole rings is 1. The molecular weight excluding hydrogens is 262 g/mol. The Balaban J connectivity index is 1.85. The molecule has 0 aliphatic carbocycles. The van der Waals surface area contributed by atoms with Gasteiger partial charge in [0.05, 0.1) is 5.52 Å². The Kier molecular flexibility index (Phi) is 2.89. The van der Waals surface area contributed by atoms with Crippen molar-refractivity contribution in [3.63, 3.8) is 0 Å². The van der Waals surface area contributed by atoms with E-state index >= 15 is 0 Å². The highest BCUT2D eigenvalue weighted by Crippen LogP contribution is 2.23. The van der Waals surface area contributed by atoms with Gasteiger partial charge in [-0.3, -0.25) is 4.98 Å². The molecule has 1 amide bonds. The summed E-state index contributed by atoms with van der Waals surface area (Å²) in [4.78, 5) is 28.3. The van der Waals surface area contributed by atoms with E-state index in [4.69, 9.17) is 9.52 Å². The first-order chi connectivity index (χ1) is 9.54. The van der Waals surface area contributed by atoms with Gasteiger partial charge in [0.15, 0.2) is 5.58 Å². The van der Waals surface area contributed by atoms with E-state index in [2.05, 4.69) is 9.88 Å². The van der Waals surface area contributed by atoms with E-state index in [0.717, 1.165) is 5.69 Å². The van der Waals surface area contributed by atoms with Gasteiger partial charge in [0, 0.05) is 37.4 Å². The third kappa shape index (κ3) is 2.11. The Morgan fingerprint density at radius 2 is 2.25 bits per heavy atom. The molecule has 1 atom stereocenters. The van der Waals surface area contributed by atoms with E-state index in [1.165, 1.54) is 4.90 Å². The standard InChI is InChI=1S/C13H15N3O4/c1-8-7-15(4-5-16(8)13(18)19)9-2-3-10-11(6-9)20-12(17)14-10/h2-3,6,8H,4-5,7H2,1H3,(H,14,17)(H,18,19)/t8-/m1/s1. The lowest BCUT2D eigenvalue weighted by Gasteiger charge is -2.39. The van der Waals surface area contributed by atoms with Crippen molar-refractivity contribution in [1.82, 2.24) is 9.88 Å². The fraction of sp³-hybridized carbons (Fsp3) is 0.385. The predicted molar refractivity (Wildman–Crippen MR) is 73.2 cm³/mol. The molecule has 3 rings (SSSR count). The van der Waals surface area contributed by atoms with Crippen LogP contribution in [0.5, 0.6) is 0 Å². The second-order valence-corrected chi connectivity index (χ2v) is 4.97. The van der Waals surface area contributed by atoms with Crippen molar-refractivity contribution in [2.45, 2.75) is 13.0 Å². The molecule has 7 nitrogen and oxygen atoms in total. The SMILES string of the molecule is C[C@@H]1CN(c2ccc3[nH]c(=O)oc3c2)CCN1C(=O)O. The van der Waals surface area contributed by atoms with Gasteiger partial charge in [0.2, 0.25) is 0 Å². The van der Waals surface area contributed by atoms with E-state index < -0.39 is 11.8 Å². The van der Waals surface area contributed by atoms with Crippen LogP contribution in [0, 0.1) is 0 Å². The molecule has 2 N–H and O–H groups in total. The first-order valence-corrected chi connectivity index (χ1v) is 6.42. The molecule has 0 unspecified atom stereocenters. The van der Waals surface area contributed by atoms with Gasteiger partial charge in [-0.1, -0.05) is 0 Å². The summed E-state index contributed by atoms with van der Waals surface area (Å²) in [6.45, 7) is 3.59. The maximum atomic E-state index is 11.1. The number of piperazine rings is 1. The van der Waals surface area contributed by atoms with Crippen LogP contribution in [0.25, 0.3) is 11.1 Å². The molecule has 1 aliphatic heterocycles. The Morgan fingerprint density at radius 1 is 1.45 bits per heavy atom. The Bertz CT molecular complexity index is 705. The summed E-state index contributed by atoms with van der Waals surface area (Å²) in [5, 5.41) is 9.06. The average molecular weight is 277 g/mol. The molecule has 1 aliphatic rings. The zero-order chi connectivity index (χ0) is 14.3. The summed E-state index contributed by atoms with van der Waals surface area (Å²) >= 11 is 0. The van der Waals surface area contributed by atoms with Crippen molar-refractivity contribution < 1.29 is 14.3 Å². The number of aromatic amines is 1. The molecule has 7 heteroatoms. The number of carbonyl (C=O) groups is 1. The second-order valence-electron chi connectivity index (χ2n) is 4.97. The average Bonchev–Trinajstić information content (AvgIpc) is 2.77. The molecule has 1 aromatic carbocycles. The number of aromatic nitrogens is 1. The monoisotopic (exact) mass is 277 g/mol. The Labute approximate surface area is 114 Å². The van der Waals surface area contributed by atoms with E-state index in [9.17, 15) is 9.59 Å². The van der Waals surface area contributed by atoms with Gasteiger partial charge in [-0.15, -0.1) is 0 Å². The van der Waals surface area contributed by atoms with Crippen LogP contribution in [0.2, 0.25) is 0 Å². The lowest BCUT2D eigenvalue weighted by Crippen LogP contribution is -2.53. The van der Waals surface area contributed by atoms with Crippen molar-refractivity contribution in [3.05, 3.63) is 28.7 Å². The number of nitrogens with zero attached hydrogens (tertiary/aromatic N) is 2. The number of rotatable bonds is 1. The first kappa shape index (κ1) is 12.6. The molecular formula is C13H15N3O4. The third-order valence-corrected chi connectivity index (χ3v) is 3.64. The van der Waals surface area contributed by atoms with E-state index in [0.29, 0.717) is 30.7 Å². The Morgan fingerprint density at radius 3 is 2.95 bits per heavy atom. The van der Waals surface area contributed by atoms with Crippen LogP contribution in [0.1, 0.15) is 6.92 Å². The van der Waals surface area contributed by atoms with Gasteiger partial charge in [0.25, 0.3) is 0 Å². The lowest BCUT2D eigenvalue weighted by atomic mass is 10.1. The number of carboxylic acid groups (broad SMARTS) is 1. The highest BCUT2D eigenvalue weighted by atomic mass is 16.4. The molecule has 1 aromatic heterocycles. The van der Waals surface area contributed by atoms with Gasteiger partial charge in [-0.2, -0.15) is 0 Å². The molecule has 2 heterocycles. The fourth-order valence-corrected chi connectivity index (χ4v) is 2.61. The van der Waals surface area contributed by atoms with Crippen molar-refractivity contribution in [2.24, 2.45) is 0 Å². The lowest BCUT2D eigenvalue weighted by molar-refractivity contribution is 0.122. The number of anilines is 1. The summed E-state index contributed by atoms with van der Waals surface area (Å²) in [5.74, 6) is -0.471. The summed E-state index contributed by atoms with van der Waals surface area (Å²) in [6.07, 6.45) is -0.885. The van der Waals surface area contributed by atoms with Gasteiger partial charge in [-0.25, -0.2) is 9.59 Å². The van der Waals surface area contributed by atoms with E-state index in [1.54, 1.807) is 12.1 Å². The summed E-state index contributed by atoms with van der Waals surface area (Å²) in [7, 11) is 0. The van der Waals surface area contributed by atoms with Gasteiger partial charge in [-0.05, 0) is 19.1 Å². The van der Waals surface area contributed by atoms with E-state index in [1.807, 2.05) is 13.0 Å². The van der Waals surface area contributed by atoms with Crippen LogP contribution >= 0.6 is 0 Å². The third-order valence-electron chi connectivity index (χ3n) is 3.64. The maximum Gasteiger partial charge on any atom is 0.417 e. The van der Waals surface area contributed by atoms with Crippen molar-refractivity contribution in [2.75, 3.05) is 24.5 Å². The molecule has 20 heavy (non-hydrogen) atoms. The zero-order valence-electron chi connectivity index (χ0n) is 11.0. The minimum Gasteiger partial charge on any atom is -0.465 e. The van der Waals surface area contributed by atoms with E-state index in [-0.39, 0.29) is 6.04 Å². The summed E-state index contributed by atoms with van der Waals surface area (Å²) in [6, 6.07) is 5.42. The number of hydrogen-bond donors (Lipinski definition) is 2. The number of fused-ring (bicyclic) bond motifs is 1.